The molecule has 0 radical (unpaired) electrons. The fourth-order valence-corrected chi connectivity index (χ4v) is 4.72. The molecule has 1 aromatic rings. The van der Waals surface area contributed by atoms with Crippen LogP contribution in [0.5, 0.6) is 0 Å². The van der Waals surface area contributed by atoms with Gasteiger partial charge in [-0.2, -0.15) is 13.2 Å². The molecule has 4 rings (SSSR count). The Morgan fingerprint density at radius 3 is 2.31 bits per heavy atom. The van der Waals surface area contributed by atoms with E-state index in [2.05, 4.69) is 6.92 Å². The Kier molecular flexibility index (Phi) is 7.07. The lowest BCUT2D eigenvalue weighted by atomic mass is 9.84. The molecule has 3 atom stereocenters. The highest BCUT2D eigenvalue weighted by molar-refractivity contribution is 6.17. The topological polar surface area (TPSA) is 57.7 Å². The van der Waals surface area contributed by atoms with Gasteiger partial charge in [0, 0.05) is 5.70 Å². The minimum atomic E-state index is -4.49. The maximum atomic E-state index is 13.5. The molecule has 190 valence electrons. The number of urea groups is 1. The van der Waals surface area contributed by atoms with Gasteiger partial charge in [0.1, 0.15) is 5.92 Å². The number of imide groups is 2. The minimum absolute atomic E-state index is 0.111. The summed E-state index contributed by atoms with van der Waals surface area (Å²) in [5.74, 6) is -1.90. The maximum absolute atomic E-state index is 13.5. The standard InChI is InChI=1S/C28H29F3N2O3/c1-17-5-4-6-23(13-17)33-26(35)24(15-21-8-7-18(2)19(3)14-21)25(34)32(27(33)36)16-20-9-11-22(12-10-20)28(29,30)31/h4,6-13,17,19,24H,5,14-16H2,1-3H3. The van der Waals surface area contributed by atoms with Crippen molar-refractivity contribution in [2.75, 3.05) is 0 Å². The summed E-state index contributed by atoms with van der Waals surface area (Å²) >= 11 is 0. The van der Waals surface area contributed by atoms with Crippen LogP contribution in [-0.2, 0) is 22.3 Å². The first kappa shape index (κ1) is 25.7. The molecule has 1 saturated heterocycles. The second-order valence-corrected chi connectivity index (χ2v) is 9.88. The first-order valence-electron chi connectivity index (χ1n) is 12.1. The number of alkyl halides is 3. The average Bonchev–Trinajstić information content (AvgIpc) is 2.82. The number of hydrogen-bond donors (Lipinski definition) is 0. The second-order valence-electron chi connectivity index (χ2n) is 9.88. The number of carbonyl (C=O) groups excluding carboxylic acids is 3. The van der Waals surface area contributed by atoms with Crippen molar-refractivity contribution < 1.29 is 27.6 Å². The molecule has 0 N–H and O–H groups in total. The molecule has 5 nitrogen and oxygen atoms in total. The largest absolute Gasteiger partial charge is 0.416 e. The number of allylic oxidation sites excluding steroid dienone is 7. The molecule has 1 fully saturated rings. The highest BCUT2D eigenvalue weighted by Gasteiger charge is 2.47. The minimum Gasteiger partial charge on any atom is -0.273 e. The molecule has 36 heavy (non-hydrogen) atoms. The molecule has 0 bridgehead atoms. The average molecular weight is 499 g/mol. The Bertz CT molecular complexity index is 1190. The first-order chi connectivity index (χ1) is 17.0. The van der Waals surface area contributed by atoms with Crippen LogP contribution in [0, 0.1) is 17.8 Å². The Morgan fingerprint density at radius 1 is 1.00 bits per heavy atom. The van der Waals surface area contributed by atoms with Crippen molar-refractivity contribution in [3.63, 3.8) is 0 Å². The fraction of sp³-hybridized carbons (Fsp3) is 0.393. The molecular formula is C28H29F3N2O3. The Morgan fingerprint density at radius 2 is 1.69 bits per heavy atom. The van der Waals surface area contributed by atoms with Gasteiger partial charge in [0.05, 0.1) is 12.1 Å². The molecule has 0 saturated carbocycles. The van der Waals surface area contributed by atoms with Crippen molar-refractivity contribution in [2.24, 2.45) is 17.8 Å². The molecule has 1 heterocycles. The van der Waals surface area contributed by atoms with E-state index in [1.807, 2.05) is 38.2 Å². The monoisotopic (exact) mass is 498 g/mol. The highest BCUT2D eigenvalue weighted by atomic mass is 19.4. The van der Waals surface area contributed by atoms with Crippen LogP contribution in [0.1, 0.15) is 51.2 Å². The van der Waals surface area contributed by atoms with E-state index < -0.39 is 35.5 Å². The molecule has 0 spiro atoms. The zero-order valence-corrected chi connectivity index (χ0v) is 20.5. The molecule has 2 aliphatic carbocycles. The van der Waals surface area contributed by atoms with Crippen LogP contribution in [0.2, 0.25) is 0 Å². The number of hydrogen-bond acceptors (Lipinski definition) is 3. The van der Waals surface area contributed by atoms with E-state index in [1.54, 1.807) is 6.08 Å². The Balaban J connectivity index is 1.66. The van der Waals surface area contributed by atoms with Gasteiger partial charge in [-0.3, -0.25) is 14.5 Å². The van der Waals surface area contributed by atoms with E-state index >= 15 is 0 Å². The van der Waals surface area contributed by atoms with Crippen molar-refractivity contribution in [1.29, 1.82) is 0 Å². The third-order valence-corrected chi connectivity index (χ3v) is 7.03. The third kappa shape index (κ3) is 5.22. The van der Waals surface area contributed by atoms with Gasteiger partial charge < -0.3 is 0 Å². The van der Waals surface area contributed by atoms with E-state index in [0.717, 1.165) is 33.9 Å². The number of benzene rings is 1. The van der Waals surface area contributed by atoms with Crippen LogP contribution in [-0.4, -0.2) is 27.6 Å². The Labute approximate surface area is 208 Å². The van der Waals surface area contributed by atoms with Gasteiger partial charge in [0.15, 0.2) is 0 Å². The van der Waals surface area contributed by atoms with Crippen LogP contribution in [0.4, 0.5) is 18.0 Å². The van der Waals surface area contributed by atoms with E-state index in [0.29, 0.717) is 17.7 Å². The Hall–Kier alpha value is -3.42. The summed E-state index contributed by atoms with van der Waals surface area (Å²) in [6.45, 7) is 5.85. The normalized spacial score (nSPS) is 25.1. The smallest absolute Gasteiger partial charge is 0.273 e. The molecule has 0 aromatic heterocycles. The van der Waals surface area contributed by atoms with Crippen molar-refractivity contribution in [3.05, 3.63) is 82.6 Å². The summed E-state index contributed by atoms with van der Waals surface area (Å²) < 4.78 is 38.9. The lowest BCUT2D eigenvalue weighted by Crippen LogP contribution is -2.58. The lowest BCUT2D eigenvalue weighted by Gasteiger charge is -2.38. The zero-order chi connectivity index (χ0) is 26.2. The van der Waals surface area contributed by atoms with E-state index in [1.165, 1.54) is 17.7 Å². The van der Waals surface area contributed by atoms with Crippen molar-refractivity contribution in [1.82, 2.24) is 9.80 Å². The van der Waals surface area contributed by atoms with Crippen molar-refractivity contribution >= 4 is 17.8 Å². The zero-order valence-electron chi connectivity index (χ0n) is 20.5. The lowest BCUT2D eigenvalue weighted by molar-refractivity contribution is -0.148. The summed E-state index contributed by atoms with van der Waals surface area (Å²) in [6.07, 6.45) is 6.51. The van der Waals surface area contributed by atoms with Gasteiger partial charge in [-0.05, 0) is 61.8 Å². The maximum Gasteiger partial charge on any atom is 0.416 e. The van der Waals surface area contributed by atoms with E-state index in [4.69, 9.17) is 0 Å². The summed E-state index contributed by atoms with van der Waals surface area (Å²) in [5.41, 5.74) is 2.13. The molecule has 1 aromatic carbocycles. The van der Waals surface area contributed by atoms with Crippen molar-refractivity contribution in [2.45, 2.75) is 52.8 Å². The number of rotatable bonds is 5. The summed E-state index contributed by atoms with van der Waals surface area (Å²) in [4.78, 5) is 42.5. The molecule has 4 amide bonds. The quantitative estimate of drug-likeness (QED) is 0.442. The SMILES string of the molecule is CC1=CC=C(CC2C(=O)N(Cc3ccc(C(F)(F)F)cc3)C(=O)N(C3=CC(C)CC=C3)C2=O)CC1C. The second kappa shape index (κ2) is 9.91. The molecule has 3 unspecified atom stereocenters. The predicted molar refractivity (Wildman–Crippen MR) is 129 cm³/mol. The first-order valence-corrected chi connectivity index (χ1v) is 12.1. The fourth-order valence-electron chi connectivity index (χ4n) is 4.72. The number of halogens is 3. The van der Waals surface area contributed by atoms with Crippen molar-refractivity contribution in [3.8, 4) is 0 Å². The van der Waals surface area contributed by atoms with Gasteiger partial charge in [-0.1, -0.05) is 61.4 Å². The van der Waals surface area contributed by atoms with Gasteiger partial charge in [-0.25, -0.2) is 9.69 Å². The highest BCUT2D eigenvalue weighted by Crippen LogP contribution is 2.34. The number of amides is 4. The molecule has 3 aliphatic rings. The number of carbonyl (C=O) groups is 3. The number of barbiturate groups is 1. The molecule has 1 aliphatic heterocycles. The molecule has 8 heteroatoms. The summed E-state index contributed by atoms with van der Waals surface area (Å²) in [5, 5.41) is 0. The van der Waals surface area contributed by atoms with Crippen LogP contribution in [0.25, 0.3) is 0 Å². The van der Waals surface area contributed by atoms with Crippen LogP contribution < -0.4 is 0 Å². The van der Waals surface area contributed by atoms with Crippen LogP contribution >= 0.6 is 0 Å². The molecular weight excluding hydrogens is 469 g/mol. The van der Waals surface area contributed by atoms with Gasteiger partial charge >= 0.3 is 12.2 Å². The number of nitrogens with zero attached hydrogens (tertiary/aromatic N) is 2. The van der Waals surface area contributed by atoms with Gasteiger partial charge in [0.25, 0.3) is 0 Å². The van der Waals surface area contributed by atoms with E-state index in [9.17, 15) is 27.6 Å². The summed E-state index contributed by atoms with van der Waals surface area (Å²) in [7, 11) is 0. The van der Waals surface area contributed by atoms with E-state index in [-0.39, 0.29) is 24.8 Å². The van der Waals surface area contributed by atoms with Crippen LogP contribution in [0.15, 0.2) is 71.5 Å². The third-order valence-electron chi connectivity index (χ3n) is 7.03. The summed E-state index contributed by atoms with van der Waals surface area (Å²) in [6, 6.07) is 3.56. The van der Waals surface area contributed by atoms with Gasteiger partial charge in [0.2, 0.25) is 11.8 Å². The van der Waals surface area contributed by atoms with Gasteiger partial charge in [-0.15, -0.1) is 0 Å². The predicted octanol–water partition coefficient (Wildman–Crippen LogP) is 6.39. The van der Waals surface area contributed by atoms with Crippen LogP contribution in [0.3, 0.4) is 0 Å².